The molecule has 0 bridgehead atoms. The number of ether oxygens (including phenoxy) is 2. The zero-order valence-electron chi connectivity index (χ0n) is 11.0. The highest BCUT2D eigenvalue weighted by atomic mass is 79.9. The fraction of sp³-hybridized carbons (Fsp3) is 0.538. The molecule has 5 heteroatoms. The minimum atomic E-state index is -1.37. The maximum absolute atomic E-state index is 10.8. The molecule has 1 aliphatic rings. The number of benzene rings is 1. The highest BCUT2D eigenvalue weighted by Crippen LogP contribution is 2.39. The van der Waals surface area contributed by atoms with Crippen molar-refractivity contribution in [3.8, 4) is 11.5 Å². The lowest BCUT2D eigenvalue weighted by Crippen LogP contribution is -2.37. The van der Waals surface area contributed by atoms with E-state index in [4.69, 9.17) is 9.47 Å². The second kappa shape index (κ2) is 4.87. The van der Waals surface area contributed by atoms with Crippen LogP contribution in [-0.4, -0.2) is 25.3 Å². The van der Waals surface area contributed by atoms with Crippen LogP contribution in [0.2, 0.25) is 25.7 Å². The number of hydrogen-bond acceptors (Lipinski definition) is 3. The molecule has 0 aromatic heterocycles. The van der Waals surface area contributed by atoms with Crippen LogP contribution in [0.1, 0.15) is 5.56 Å². The second-order valence-corrected chi connectivity index (χ2v) is 12.0. The number of rotatable bonds is 4. The molecule has 100 valence electrons. The van der Waals surface area contributed by atoms with Crippen LogP contribution in [0.4, 0.5) is 0 Å². The van der Waals surface area contributed by atoms with Gasteiger partial charge in [0.25, 0.3) is 0 Å². The molecule has 0 aliphatic carbocycles. The van der Waals surface area contributed by atoms with Gasteiger partial charge in [-0.1, -0.05) is 41.6 Å². The van der Waals surface area contributed by atoms with Crippen molar-refractivity contribution in [1.29, 1.82) is 0 Å². The van der Waals surface area contributed by atoms with E-state index >= 15 is 0 Å². The van der Waals surface area contributed by atoms with E-state index in [-0.39, 0.29) is 6.79 Å². The molecular weight excluding hydrogens is 312 g/mol. The number of aliphatic hydroxyl groups is 1. The van der Waals surface area contributed by atoms with Crippen molar-refractivity contribution in [2.75, 3.05) is 12.1 Å². The quantitative estimate of drug-likeness (QED) is 0.679. The number of halogens is 1. The molecule has 0 saturated carbocycles. The second-order valence-electron chi connectivity index (χ2n) is 5.97. The zero-order valence-corrected chi connectivity index (χ0v) is 13.6. The maximum Gasteiger partial charge on any atom is 0.231 e. The van der Waals surface area contributed by atoms with E-state index in [0.717, 1.165) is 23.1 Å². The molecule has 1 heterocycles. The summed E-state index contributed by atoms with van der Waals surface area (Å²) in [5.74, 6) is 1.48. The van der Waals surface area contributed by atoms with Crippen molar-refractivity contribution >= 4 is 24.0 Å². The van der Waals surface area contributed by atoms with Crippen molar-refractivity contribution in [2.45, 2.75) is 31.3 Å². The van der Waals surface area contributed by atoms with E-state index in [1.165, 1.54) is 0 Å². The summed E-state index contributed by atoms with van der Waals surface area (Å²) in [5.41, 5.74) is 0.0666. The first kappa shape index (κ1) is 13.9. The largest absolute Gasteiger partial charge is 0.454 e. The minimum Gasteiger partial charge on any atom is -0.454 e. The first-order valence-electron chi connectivity index (χ1n) is 6.03. The van der Waals surface area contributed by atoms with Gasteiger partial charge in [-0.2, -0.15) is 0 Å². The van der Waals surface area contributed by atoms with E-state index < -0.39 is 13.7 Å². The summed E-state index contributed by atoms with van der Waals surface area (Å²) in [4.78, 5) is 0. The first-order valence-corrected chi connectivity index (χ1v) is 10.9. The zero-order chi connectivity index (χ0) is 13.4. The van der Waals surface area contributed by atoms with Gasteiger partial charge in [0, 0.05) is 13.4 Å². The topological polar surface area (TPSA) is 38.7 Å². The predicted octanol–water partition coefficient (Wildman–Crippen LogP) is 3.34. The predicted molar refractivity (Wildman–Crippen MR) is 78.4 cm³/mol. The van der Waals surface area contributed by atoms with E-state index in [9.17, 15) is 5.11 Å². The molecule has 1 N–H and O–H groups in total. The monoisotopic (exact) mass is 330 g/mol. The Bertz CT molecular complexity index is 444. The minimum absolute atomic E-state index is 0.263. The SMILES string of the molecule is C[Si](C)(C)CC(O)(CBr)c1ccc2c(c1)OCO2. The summed E-state index contributed by atoms with van der Waals surface area (Å²) < 4.78 is 10.7. The van der Waals surface area contributed by atoms with Gasteiger partial charge >= 0.3 is 0 Å². The van der Waals surface area contributed by atoms with Crippen molar-refractivity contribution in [2.24, 2.45) is 0 Å². The van der Waals surface area contributed by atoms with E-state index in [0.29, 0.717) is 5.33 Å². The molecule has 1 aliphatic heterocycles. The summed E-state index contributed by atoms with van der Waals surface area (Å²) in [6.07, 6.45) is 0. The molecule has 2 rings (SSSR count). The van der Waals surface area contributed by atoms with Crippen LogP contribution < -0.4 is 9.47 Å². The smallest absolute Gasteiger partial charge is 0.231 e. The van der Waals surface area contributed by atoms with Crippen LogP contribution in [-0.2, 0) is 5.60 Å². The molecule has 1 atom stereocenters. The lowest BCUT2D eigenvalue weighted by atomic mass is 9.97. The Balaban J connectivity index is 2.32. The molecule has 0 fully saturated rings. The molecule has 18 heavy (non-hydrogen) atoms. The van der Waals surface area contributed by atoms with Crippen LogP contribution in [0.25, 0.3) is 0 Å². The van der Waals surface area contributed by atoms with E-state index in [1.54, 1.807) is 0 Å². The molecule has 1 aromatic carbocycles. The number of hydrogen-bond donors (Lipinski definition) is 1. The van der Waals surface area contributed by atoms with Gasteiger partial charge in [0.05, 0.1) is 5.60 Å². The molecule has 0 spiro atoms. The molecule has 0 amide bonds. The Hall–Kier alpha value is -0.523. The fourth-order valence-corrected chi connectivity index (χ4v) is 5.26. The van der Waals surface area contributed by atoms with Gasteiger partial charge in [0.1, 0.15) is 0 Å². The number of alkyl halides is 1. The average Bonchev–Trinajstić information content (AvgIpc) is 2.73. The maximum atomic E-state index is 10.8. The third-order valence-electron chi connectivity index (χ3n) is 2.95. The van der Waals surface area contributed by atoms with E-state index in [1.807, 2.05) is 18.2 Å². The van der Waals surface area contributed by atoms with Crippen LogP contribution in [0.3, 0.4) is 0 Å². The molecule has 0 radical (unpaired) electrons. The normalized spacial score (nSPS) is 17.6. The van der Waals surface area contributed by atoms with Gasteiger partial charge in [0.2, 0.25) is 6.79 Å². The molecular formula is C13H19BrO3Si. The van der Waals surface area contributed by atoms with Crippen molar-refractivity contribution in [3.63, 3.8) is 0 Å². The van der Waals surface area contributed by atoms with Crippen molar-refractivity contribution in [3.05, 3.63) is 23.8 Å². The highest BCUT2D eigenvalue weighted by Gasteiger charge is 2.35. The Morgan fingerprint density at radius 3 is 2.56 bits per heavy atom. The molecule has 1 unspecified atom stereocenters. The summed E-state index contributed by atoms with van der Waals surface area (Å²) in [7, 11) is -1.37. The summed E-state index contributed by atoms with van der Waals surface area (Å²) in [6.45, 7) is 7.04. The average molecular weight is 331 g/mol. The summed E-state index contributed by atoms with van der Waals surface area (Å²) in [6, 6.07) is 6.50. The Morgan fingerprint density at radius 1 is 1.28 bits per heavy atom. The van der Waals surface area contributed by atoms with Crippen molar-refractivity contribution < 1.29 is 14.6 Å². The highest BCUT2D eigenvalue weighted by molar-refractivity contribution is 9.09. The van der Waals surface area contributed by atoms with Gasteiger partial charge in [-0.15, -0.1) is 0 Å². The summed E-state index contributed by atoms with van der Waals surface area (Å²) >= 11 is 3.44. The van der Waals surface area contributed by atoms with Crippen LogP contribution in [0, 0.1) is 0 Å². The third kappa shape index (κ3) is 2.89. The lowest BCUT2D eigenvalue weighted by Gasteiger charge is -2.32. The molecule has 1 aromatic rings. The lowest BCUT2D eigenvalue weighted by molar-refractivity contribution is 0.0834. The molecule has 3 nitrogen and oxygen atoms in total. The Kier molecular flexibility index (Phi) is 3.76. The van der Waals surface area contributed by atoms with Gasteiger partial charge in [-0.3, -0.25) is 0 Å². The standard InChI is InChI=1S/C13H19BrO3Si/c1-18(2,3)8-13(15,7-14)10-4-5-11-12(6-10)17-9-16-11/h4-6,15H,7-9H2,1-3H3. The first-order chi connectivity index (χ1) is 8.34. The van der Waals surface area contributed by atoms with Crippen LogP contribution >= 0.6 is 15.9 Å². The third-order valence-corrected chi connectivity index (χ3v) is 5.53. The fourth-order valence-electron chi connectivity index (χ4n) is 2.29. The van der Waals surface area contributed by atoms with Crippen LogP contribution in [0.5, 0.6) is 11.5 Å². The van der Waals surface area contributed by atoms with Crippen LogP contribution in [0.15, 0.2) is 18.2 Å². The van der Waals surface area contributed by atoms with Gasteiger partial charge in [-0.05, 0) is 23.7 Å². The van der Waals surface area contributed by atoms with Gasteiger partial charge in [-0.25, -0.2) is 0 Å². The van der Waals surface area contributed by atoms with Gasteiger partial charge in [0.15, 0.2) is 11.5 Å². The Morgan fingerprint density at radius 2 is 1.94 bits per heavy atom. The van der Waals surface area contributed by atoms with E-state index in [2.05, 4.69) is 35.6 Å². The molecule has 0 saturated heterocycles. The van der Waals surface area contributed by atoms with Crippen molar-refractivity contribution in [1.82, 2.24) is 0 Å². The Labute approximate surface area is 117 Å². The number of fused-ring (bicyclic) bond motifs is 1. The summed E-state index contributed by atoms with van der Waals surface area (Å²) in [5, 5.41) is 11.4. The van der Waals surface area contributed by atoms with Gasteiger partial charge < -0.3 is 14.6 Å².